The second-order valence-corrected chi connectivity index (χ2v) is 7.62. The minimum absolute atomic E-state index is 0.0461. The van der Waals surface area contributed by atoms with Gasteiger partial charge in [0.15, 0.2) is 5.76 Å². The summed E-state index contributed by atoms with van der Waals surface area (Å²) in [6.07, 6.45) is 7.84. The van der Waals surface area contributed by atoms with Crippen molar-refractivity contribution in [2.45, 2.75) is 38.7 Å². The van der Waals surface area contributed by atoms with Crippen LogP contribution in [0.2, 0.25) is 0 Å². The number of aryl methyl sites for hydroxylation is 2. The molecule has 2 aliphatic heterocycles. The van der Waals surface area contributed by atoms with Crippen LogP contribution in [0.5, 0.6) is 5.88 Å². The van der Waals surface area contributed by atoms with E-state index in [2.05, 4.69) is 9.97 Å². The fraction of sp³-hybridized carbons (Fsp3) is 0.550. The molecule has 2 aromatic heterocycles. The largest absolute Gasteiger partial charge is 0.477 e. The summed E-state index contributed by atoms with van der Waals surface area (Å²) < 4.78 is 17.1. The fourth-order valence-electron chi connectivity index (χ4n) is 3.96. The number of carbonyl (C=O) groups excluding carboxylic acids is 1. The maximum absolute atomic E-state index is 12.5. The summed E-state index contributed by atoms with van der Waals surface area (Å²) >= 11 is 0. The zero-order chi connectivity index (χ0) is 18.9. The van der Waals surface area contributed by atoms with Crippen molar-refractivity contribution in [1.29, 1.82) is 0 Å². The Morgan fingerprint density at radius 1 is 1.37 bits per heavy atom. The van der Waals surface area contributed by atoms with Gasteiger partial charge in [0.2, 0.25) is 5.88 Å². The first-order valence-electron chi connectivity index (χ1n) is 9.43. The highest BCUT2D eigenvalue weighted by molar-refractivity contribution is 5.93. The van der Waals surface area contributed by atoms with Gasteiger partial charge in [-0.05, 0) is 45.1 Å². The summed E-state index contributed by atoms with van der Waals surface area (Å²) in [5.41, 5.74) is 1.52. The summed E-state index contributed by atoms with van der Waals surface area (Å²) in [5.74, 6) is 1.49. The van der Waals surface area contributed by atoms with Gasteiger partial charge in [0.25, 0.3) is 5.91 Å². The molecule has 27 heavy (non-hydrogen) atoms. The number of hydrogen-bond donors (Lipinski definition) is 0. The zero-order valence-corrected chi connectivity index (χ0v) is 15.8. The van der Waals surface area contributed by atoms with Crippen LogP contribution in [0.1, 0.15) is 41.1 Å². The number of furan rings is 1. The van der Waals surface area contributed by atoms with Crippen molar-refractivity contribution in [2.75, 3.05) is 26.3 Å². The van der Waals surface area contributed by atoms with Gasteiger partial charge < -0.3 is 18.8 Å². The Morgan fingerprint density at radius 2 is 2.22 bits per heavy atom. The van der Waals surface area contributed by atoms with E-state index in [4.69, 9.17) is 13.9 Å². The molecule has 1 spiro atoms. The van der Waals surface area contributed by atoms with Crippen molar-refractivity contribution < 1.29 is 18.7 Å². The Kier molecular flexibility index (Phi) is 4.86. The van der Waals surface area contributed by atoms with Crippen LogP contribution < -0.4 is 4.74 Å². The minimum atomic E-state index is -0.206. The first kappa shape index (κ1) is 18.0. The van der Waals surface area contributed by atoms with E-state index in [9.17, 15) is 4.79 Å². The van der Waals surface area contributed by atoms with Gasteiger partial charge in [-0.3, -0.25) is 9.78 Å². The van der Waals surface area contributed by atoms with E-state index in [1.54, 1.807) is 18.7 Å². The molecule has 0 N–H and O–H groups in total. The smallest absolute Gasteiger partial charge is 0.290 e. The van der Waals surface area contributed by atoms with Crippen molar-refractivity contribution in [2.24, 2.45) is 5.92 Å². The fourth-order valence-corrected chi connectivity index (χ4v) is 3.96. The van der Waals surface area contributed by atoms with E-state index in [0.717, 1.165) is 37.1 Å². The Labute approximate surface area is 158 Å². The van der Waals surface area contributed by atoms with E-state index in [-0.39, 0.29) is 11.5 Å². The summed E-state index contributed by atoms with van der Waals surface area (Å²) in [5, 5.41) is 0. The predicted octanol–water partition coefficient (Wildman–Crippen LogP) is 2.78. The lowest BCUT2D eigenvalue weighted by Gasteiger charge is -2.53. The molecule has 1 amide bonds. The number of ether oxygens (including phenoxy) is 2. The molecular weight excluding hydrogens is 346 g/mol. The molecule has 0 saturated carbocycles. The molecule has 1 atom stereocenters. The molecule has 0 aliphatic carbocycles. The molecule has 2 aromatic rings. The summed E-state index contributed by atoms with van der Waals surface area (Å²) in [4.78, 5) is 22.7. The molecule has 2 saturated heterocycles. The number of aromatic nitrogens is 2. The van der Waals surface area contributed by atoms with E-state index in [0.29, 0.717) is 37.3 Å². The van der Waals surface area contributed by atoms with Crippen molar-refractivity contribution in [3.05, 3.63) is 41.7 Å². The quantitative estimate of drug-likeness (QED) is 0.804. The monoisotopic (exact) mass is 371 g/mol. The molecule has 0 radical (unpaired) electrons. The normalized spacial score (nSPS) is 21.1. The van der Waals surface area contributed by atoms with Crippen LogP contribution in [-0.4, -0.2) is 52.7 Å². The predicted molar refractivity (Wildman–Crippen MR) is 97.6 cm³/mol. The van der Waals surface area contributed by atoms with Gasteiger partial charge in [0.05, 0.1) is 37.9 Å². The SMILES string of the molecule is Cc1cncc(OCC[C@@H]2CCOC3(C2)CN(C(=O)c2occc2C)C3)n1. The molecule has 2 fully saturated rings. The molecule has 4 heterocycles. The molecular formula is C20H25N3O4. The van der Waals surface area contributed by atoms with Crippen molar-refractivity contribution in [3.63, 3.8) is 0 Å². The first-order valence-corrected chi connectivity index (χ1v) is 9.43. The highest BCUT2D eigenvalue weighted by Gasteiger charge is 2.49. The number of hydrogen-bond acceptors (Lipinski definition) is 6. The van der Waals surface area contributed by atoms with Gasteiger partial charge in [-0.25, -0.2) is 4.98 Å². The van der Waals surface area contributed by atoms with Gasteiger partial charge in [-0.15, -0.1) is 0 Å². The van der Waals surface area contributed by atoms with E-state index < -0.39 is 0 Å². The van der Waals surface area contributed by atoms with Crippen LogP contribution in [0, 0.1) is 19.8 Å². The molecule has 0 aromatic carbocycles. The molecule has 7 nitrogen and oxygen atoms in total. The van der Waals surface area contributed by atoms with Crippen LogP contribution in [0.3, 0.4) is 0 Å². The van der Waals surface area contributed by atoms with Gasteiger partial charge >= 0.3 is 0 Å². The van der Waals surface area contributed by atoms with Crippen LogP contribution in [0.15, 0.2) is 29.1 Å². The molecule has 144 valence electrons. The van der Waals surface area contributed by atoms with Gasteiger partial charge in [-0.2, -0.15) is 0 Å². The van der Waals surface area contributed by atoms with E-state index >= 15 is 0 Å². The average molecular weight is 371 g/mol. The summed E-state index contributed by atoms with van der Waals surface area (Å²) in [6, 6.07) is 1.81. The van der Waals surface area contributed by atoms with Gasteiger partial charge in [0.1, 0.15) is 5.60 Å². The van der Waals surface area contributed by atoms with Crippen molar-refractivity contribution >= 4 is 5.91 Å². The zero-order valence-electron chi connectivity index (χ0n) is 15.8. The maximum atomic E-state index is 12.5. The third-order valence-corrected chi connectivity index (χ3v) is 5.41. The second kappa shape index (κ2) is 7.31. The third kappa shape index (κ3) is 3.83. The lowest BCUT2D eigenvalue weighted by Crippen LogP contribution is -2.66. The summed E-state index contributed by atoms with van der Waals surface area (Å²) in [7, 11) is 0. The van der Waals surface area contributed by atoms with E-state index in [1.165, 1.54) is 0 Å². The molecule has 0 unspecified atom stereocenters. The Balaban J connectivity index is 1.26. The number of likely N-dealkylation sites (tertiary alicyclic amines) is 1. The molecule has 2 aliphatic rings. The standard InChI is InChI=1S/C20H25N3O4/c1-14-3-6-26-18(14)19(24)23-12-20(13-23)9-16(5-8-27-20)4-7-25-17-11-21-10-15(2)22-17/h3,6,10-11,16H,4-5,7-9,12-13H2,1-2H3/t16-/m1/s1. The molecule has 7 heteroatoms. The topological polar surface area (TPSA) is 77.7 Å². The third-order valence-electron chi connectivity index (χ3n) is 5.41. The van der Waals surface area contributed by atoms with Crippen molar-refractivity contribution in [3.8, 4) is 5.88 Å². The minimum Gasteiger partial charge on any atom is -0.477 e. The average Bonchev–Trinajstić information content (AvgIpc) is 3.05. The highest BCUT2D eigenvalue weighted by Crippen LogP contribution is 2.38. The maximum Gasteiger partial charge on any atom is 0.290 e. The van der Waals surface area contributed by atoms with Crippen LogP contribution in [-0.2, 0) is 4.74 Å². The van der Waals surface area contributed by atoms with E-state index in [1.807, 2.05) is 24.8 Å². The lowest BCUT2D eigenvalue weighted by atomic mass is 9.79. The highest BCUT2D eigenvalue weighted by atomic mass is 16.5. The number of rotatable bonds is 5. The van der Waals surface area contributed by atoms with Crippen molar-refractivity contribution in [1.82, 2.24) is 14.9 Å². The summed E-state index contributed by atoms with van der Waals surface area (Å²) in [6.45, 7) is 6.40. The Hall–Kier alpha value is -2.41. The van der Waals surface area contributed by atoms with Gasteiger partial charge in [-0.1, -0.05) is 0 Å². The van der Waals surface area contributed by atoms with Gasteiger partial charge in [0, 0.05) is 18.4 Å². The first-order chi connectivity index (χ1) is 13.0. The lowest BCUT2D eigenvalue weighted by molar-refractivity contribution is -0.167. The Bertz CT molecular complexity index is 813. The number of carbonyl (C=O) groups is 1. The molecule has 4 rings (SSSR count). The second-order valence-electron chi connectivity index (χ2n) is 7.62. The van der Waals surface area contributed by atoms with Crippen LogP contribution in [0.25, 0.3) is 0 Å². The number of nitrogens with zero attached hydrogens (tertiary/aromatic N) is 3. The molecule has 0 bridgehead atoms. The number of amides is 1. The van der Waals surface area contributed by atoms with Crippen LogP contribution >= 0.6 is 0 Å². The van der Waals surface area contributed by atoms with Crippen LogP contribution in [0.4, 0.5) is 0 Å². The Morgan fingerprint density at radius 3 is 2.96 bits per heavy atom.